The number of aliphatic carboxylic acids is 1. The van der Waals surface area contributed by atoms with Gasteiger partial charge in [-0.15, -0.1) is 5.10 Å². The molecule has 0 aliphatic heterocycles. The van der Waals surface area contributed by atoms with Crippen molar-refractivity contribution >= 4 is 40.5 Å². The first-order valence-corrected chi connectivity index (χ1v) is 11.5. The van der Waals surface area contributed by atoms with Crippen molar-refractivity contribution < 1.29 is 27.9 Å². The summed E-state index contributed by atoms with van der Waals surface area (Å²) in [6.45, 7) is 1.83. The number of halogens is 4. The SMILES string of the molecule is CC(NC(=O)c1c(N)nn2cccnc12)c1cc(Cl)c2c(C#N)ncn2c1-c1cccnc1.O=C(O)C(F)(F)F. The number of hydrogen-bond acceptors (Lipinski definition) is 8. The highest BCUT2D eigenvalue weighted by Gasteiger charge is 2.38. The van der Waals surface area contributed by atoms with E-state index >= 15 is 0 Å². The smallest absolute Gasteiger partial charge is 0.475 e. The number of nitrogens with one attached hydrogen (secondary N) is 1. The van der Waals surface area contributed by atoms with Gasteiger partial charge in [0.1, 0.15) is 23.5 Å². The number of alkyl halides is 3. The lowest BCUT2D eigenvalue weighted by molar-refractivity contribution is -0.192. The molecule has 5 heterocycles. The van der Waals surface area contributed by atoms with Crippen LogP contribution in [0.1, 0.15) is 34.6 Å². The van der Waals surface area contributed by atoms with E-state index in [-0.39, 0.29) is 17.1 Å². The van der Waals surface area contributed by atoms with Gasteiger partial charge in [0.2, 0.25) is 0 Å². The molecule has 0 fully saturated rings. The zero-order chi connectivity index (χ0) is 29.2. The zero-order valence-corrected chi connectivity index (χ0v) is 21.0. The number of nitrogens with two attached hydrogens (primary N) is 1. The van der Waals surface area contributed by atoms with Crippen LogP contribution in [0.2, 0.25) is 5.02 Å². The van der Waals surface area contributed by atoms with Crippen LogP contribution in [0, 0.1) is 11.3 Å². The van der Waals surface area contributed by atoms with Crippen molar-refractivity contribution in [1.29, 1.82) is 5.26 Å². The maximum Gasteiger partial charge on any atom is 0.490 e. The summed E-state index contributed by atoms with van der Waals surface area (Å²) in [5.74, 6) is -3.11. The van der Waals surface area contributed by atoms with Crippen molar-refractivity contribution in [2.75, 3.05) is 5.73 Å². The Morgan fingerprint density at radius 3 is 2.60 bits per heavy atom. The van der Waals surface area contributed by atoms with Gasteiger partial charge in [-0.3, -0.25) is 14.2 Å². The standard InChI is InChI=1S/C22H16ClN9O.C2HF3O2/c1-12(29-22(33)17-20(25)30-32-7-3-6-27-21(17)32)14-8-15(23)19-16(9-24)28-11-31(19)18(14)13-4-2-5-26-10-13;3-2(4,5)1(6)7/h2-8,10-12H,1H3,(H2,25,30)(H,29,33);(H,6,7). The van der Waals surface area contributed by atoms with Crippen LogP contribution in [0.15, 0.2) is 55.4 Å². The average molecular weight is 572 g/mol. The number of aromatic nitrogens is 6. The summed E-state index contributed by atoms with van der Waals surface area (Å²) in [7, 11) is 0. The number of amides is 1. The van der Waals surface area contributed by atoms with Crippen LogP contribution < -0.4 is 11.1 Å². The Morgan fingerprint density at radius 2 is 1.98 bits per heavy atom. The molecule has 5 aromatic heterocycles. The summed E-state index contributed by atoms with van der Waals surface area (Å²) in [6.07, 6.45) is 3.04. The van der Waals surface area contributed by atoms with Crippen LogP contribution in [0.25, 0.3) is 22.4 Å². The summed E-state index contributed by atoms with van der Waals surface area (Å²) in [4.78, 5) is 34.7. The number of carboxylic acids is 1. The normalized spacial score (nSPS) is 11.9. The largest absolute Gasteiger partial charge is 0.490 e. The molecule has 40 heavy (non-hydrogen) atoms. The molecule has 1 atom stereocenters. The monoisotopic (exact) mass is 571 g/mol. The highest BCUT2D eigenvalue weighted by molar-refractivity contribution is 6.34. The summed E-state index contributed by atoms with van der Waals surface area (Å²) < 4.78 is 34.9. The molecule has 0 aliphatic rings. The van der Waals surface area contributed by atoms with Crippen molar-refractivity contribution in [2.45, 2.75) is 19.1 Å². The predicted molar refractivity (Wildman–Crippen MR) is 135 cm³/mol. The highest BCUT2D eigenvalue weighted by atomic mass is 35.5. The molecule has 12 nitrogen and oxygen atoms in total. The van der Waals surface area contributed by atoms with Crippen LogP contribution >= 0.6 is 11.6 Å². The van der Waals surface area contributed by atoms with Gasteiger partial charge in [-0.2, -0.15) is 18.4 Å². The van der Waals surface area contributed by atoms with Gasteiger partial charge in [-0.05, 0) is 31.2 Å². The lowest BCUT2D eigenvalue weighted by atomic mass is 10.0. The maximum absolute atomic E-state index is 13.2. The molecule has 4 N–H and O–H groups in total. The van der Waals surface area contributed by atoms with E-state index in [9.17, 15) is 23.2 Å². The topological polar surface area (TPSA) is 177 Å². The average Bonchev–Trinajstić information content (AvgIpc) is 3.49. The molecule has 0 radical (unpaired) electrons. The van der Waals surface area contributed by atoms with E-state index in [1.807, 2.05) is 13.0 Å². The van der Waals surface area contributed by atoms with Crippen molar-refractivity contribution in [3.8, 4) is 17.3 Å². The first-order chi connectivity index (χ1) is 18.9. The number of anilines is 1. The fraction of sp³-hybridized carbons (Fsp3) is 0.125. The molecule has 0 spiro atoms. The van der Waals surface area contributed by atoms with Crippen LogP contribution in [-0.4, -0.2) is 52.1 Å². The minimum absolute atomic E-state index is 0.0765. The second kappa shape index (κ2) is 10.9. The fourth-order valence-corrected chi connectivity index (χ4v) is 4.15. The van der Waals surface area contributed by atoms with Gasteiger partial charge in [0.25, 0.3) is 5.91 Å². The molecule has 0 saturated carbocycles. The van der Waals surface area contributed by atoms with Crippen molar-refractivity contribution in [3.05, 3.63) is 77.2 Å². The summed E-state index contributed by atoms with van der Waals surface area (Å²) in [6, 6.07) is 8.67. The van der Waals surface area contributed by atoms with Gasteiger partial charge in [0.05, 0.1) is 16.8 Å². The third-order valence-electron chi connectivity index (χ3n) is 5.54. The maximum atomic E-state index is 13.2. The number of carbonyl (C=O) groups excluding carboxylic acids is 1. The van der Waals surface area contributed by atoms with E-state index in [1.54, 1.807) is 47.4 Å². The van der Waals surface area contributed by atoms with Gasteiger partial charge < -0.3 is 16.2 Å². The number of carbonyl (C=O) groups is 2. The number of hydrogen-bond donors (Lipinski definition) is 3. The first kappa shape index (κ1) is 27.8. The van der Waals surface area contributed by atoms with Crippen LogP contribution in [0.4, 0.5) is 19.0 Å². The second-order valence-electron chi connectivity index (χ2n) is 8.11. The summed E-state index contributed by atoms with van der Waals surface area (Å²) >= 11 is 6.55. The molecular weight excluding hydrogens is 555 g/mol. The summed E-state index contributed by atoms with van der Waals surface area (Å²) in [5, 5.41) is 24.0. The van der Waals surface area contributed by atoms with Gasteiger partial charge in [-0.25, -0.2) is 19.3 Å². The second-order valence-corrected chi connectivity index (χ2v) is 8.51. The van der Waals surface area contributed by atoms with Crippen LogP contribution in [0.5, 0.6) is 0 Å². The third-order valence-corrected chi connectivity index (χ3v) is 5.83. The third kappa shape index (κ3) is 5.33. The quantitative estimate of drug-likeness (QED) is 0.290. The number of imidazole rings is 1. The number of rotatable bonds is 4. The highest BCUT2D eigenvalue weighted by Crippen LogP contribution is 2.34. The molecule has 0 aliphatic carbocycles. The van der Waals surface area contributed by atoms with Gasteiger partial charge >= 0.3 is 12.1 Å². The number of nitriles is 1. The molecular formula is C24H17ClF3N9O3. The van der Waals surface area contributed by atoms with Gasteiger partial charge in [0, 0.05) is 35.9 Å². The number of fused-ring (bicyclic) bond motifs is 2. The minimum atomic E-state index is -5.08. The number of nitrogen functional groups attached to an aromatic ring is 1. The predicted octanol–water partition coefficient (Wildman–Crippen LogP) is 3.67. The van der Waals surface area contributed by atoms with Crippen molar-refractivity contribution in [1.82, 2.24) is 34.3 Å². The summed E-state index contributed by atoms with van der Waals surface area (Å²) in [5.41, 5.74) is 9.42. The molecule has 5 aromatic rings. The number of carboxylic acid groups (broad SMARTS) is 1. The van der Waals surface area contributed by atoms with E-state index in [0.29, 0.717) is 27.4 Å². The first-order valence-electron chi connectivity index (χ1n) is 11.1. The van der Waals surface area contributed by atoms with Crippen molar-refractivity contribution in [2.24, 2.45) is 0 Å². The van der Waals surface area contributed by atoms with Crippen LogP contribution in [-0.2, 0) is 4.79 Å². The van der Waals surface area contributed by atoms with Crippen LogP contribution in [0.3, 0.4) is 0 Å². The van der Waals surface area contributed by atoms with Crippen molar-refractivity contribution in [3.63, 3.8) is 0 Å². The lowest BCUT2D eigenvalue weighted by Crippen LogP contribution is -2.28. The molecule has 5 rings (SSSR count). The molecule has 16 heteroatoms. The van der Waals surface area contributed by atoms with Gasteiger partial charge in [0.15, 0.2) is 17.2 Å². The molecule has 204 valence electrons. The van der Waals surface area contributed by atoms with E-state index in [4.69, 9.17) is 27.2 Å². The molecule has 0 saturated heterocycles. The minimum Gasteiger partial charge on any atom is -0.475 e. The zero-order valence-electron chi connectivity index (χ0n) is 20.3. The molecule has 0 bridgehead atoms. The number of pyridine rings is 2. The Hall–Kier alpha value is -5.23. The van der Waals surface area contributed by atoms with E-state index < -0.39 is 24.1 Å². The van der Waals surface area contributed by atoms with E-state index in [0.717, 1.165) is 5.56 Å². The Balaban J connectivity index is 0.000000470. The van der Waals surface area contributed by atoms with Gasteiger partial charge in [-0.1, -0.05) is 11.6 Å². The Morgan fingerprint density at radius 1 is 1.25 bits per heavy atom. The van der Waals surface area contributed by atoms with E-state index in [2.05, 4.69) is 31.4 Å². The lowest BCUT2D eigenvalue weighted by Gasteiger charge is -2.20. The number of nitrogens with zero attached hydrogens (tertiary/aromatic N) is 7. The fourth-order valence-electron chi connectivity index (χ4n) is 3.85. The molecule has 1 amide bonds. The Labute approximate surface area is 227 Å². The Bertz CT molecular complexity index is 1780. The Kier molecular flexibility index (Phi) is 7.55. The van der Waals surface area contributed by atoms with E-state index in [1.165, 1.54) is 10.8 Å². The molecule has 1 unspecified atom stereocenters. The molecule has 0 aromatic carbocycles.